The molecule has 0 aromatic heterocycles. The fourth-order valence-corrected chi connectivity index (χ4v) is 8.05. The first-order valence-electron chi connectivity index (χ1n) is 12.3. The second kappa shape index (κ2) is 9.47. The number of aliphatic hydroxyl groups excluding tert-OH is 1. The van der Waals surface area contributed by atoms with Gasteiger partial charge in [-0.15, -0.1) is 11.8 Å². The molecule has 4 heterocycles. The van der Waals surface area contributed by atoms with Gasteiger partial charge in [-0.05, 0) is 32.3 Å². The molecule has 0 radical (unpaired) electrons. The van der Waals surface area contributed by atoms with Crippen LogP contribution in [-0.4, -0.2) is 80.6 Å². The number of ether oxygens (including phenoxy) is 1. The SMILES string of the molecule is CC(C)N1CC=C[C@]23S[C@H]4C=CCCOC(=O)[C@H]4[C@H]2C(=O)N([C@@H](CO)Cc2ccccc2)C3C1=O. The first kappa shape index (κ1) is 24.1. The van der Waals surface area contributed by atoms with E-state index in [0.717, 1.165) is 5.56 Å². The Bertz CT molecular complexity index is 1060. The lowest BCUT2D eigenvalue weighted by atomic mass is 9.78. The second-order valence-electron chi connectivity index (χ2n) is 9.98. The monoisotopic (exact) mass is 496 g/mol. The molecule has 35 heavy (non-hydrogen) atoms. The summed E-state index contributed by atoms with van der Waals surface area (Å²) >= 11 is 1.53. The largest absolute Gasteiger partial charge is 0.465 e. The number of hydrogen-bond acceptors (Lipinski definition) is 6. The summed E-state index contributed by atoms with van der Waals surface area (Å²) in [7, 11) is 0. The van der Waals surface area contributed by atoms with Crippen molar-refractivity contribution in [3.05, 3.63) is 60.2 Å². The van der Waals surface area contributed by atoms with Gasteiger partial charge in [-0.2, -0.15) is 0 Å². The molecular formula is C27H32N2O5S. The predicted octanol–water partition coefficient (Wildman–Crippen LogP) is 2.20. The number of fused-ring (bicyclic) bond motifs is 2. The maximum absolute atomic E-state index is 14.2. The molecular weight excluding hydrogens is 464 g/mol. The van der Waals surface area contributed by atoms with Crippen LogP contribution < -0.4 is 0 Å². The zero-order valence-corrected chi connectivity index (χ0v) is 20.9. The smallest absolute Gasteiger partial charge is 0.311 e. The molecule has 4 aliphatic heterocycles. The lowest BCUT2D eigenvalue weighted by Gasteiger charge is -2.39. The van der Waals surface area contributed by atoms with Crippen molar-refractivity contribution in [2.24, 2.45) is 11.8 Å². The number of likely N-dealkylation sites (tertiary alicyclic amines) is 1. The molecule has 2 amide bonds. The molecule has 6 atom stereocenters. The third-order valence-corrected chi connectivity index (χ3v) is 9.38. The molecule has 5 rings (SSSR count). The highest BCUT2D eigenvalue weighted by Gasteiger charge is 2.71. The summed E-state index contributed by atoms with van der Waals surface area (Å²) in [6.07, 6.45) is 9.03. The van der Waals surface area contributed by atoms with Crippen LogP contribution in [0.15, 0.2) is 54.6 Å². The fourth-order valence-electron chi connectivity index (χ4n) is 6.06. The summed E-state index contributed by atoms with van der Waals surface area (Å²) in [5.41, 5.74) is 0.974. The zero-order valence-electron chi connectivity index (χ0n) is 20.1. The second-order valence-corrected chi connectivity index (χ2v) is 11.5. The van der Waals surface area contributed by atoms with Crippen molar-refractivity contribution in [2.75, 3.05) is 19.8 Å². The summed E-state index contributed by atoms with van der Waals surface area (Å²) < 4.78 is 4.62. The van der Waals surface area contributed by atoms with Crippen LogP contribution in [0.1, 0.15) is 25.8 Å². The Morgan fingerprint density at radius 2 is 1.91 bits per heavy atom. The van der Waals surface area contributed by atoms with E-state index >= 15 is 0 Å². The van der Waals surface area contributed by atoms with Gasteiger partial charge in [0.25, 0.3) is 0 Å². The Morgan fingerprint density at radius 1 is 1.14 bits per heavy atom. The maximum Gasteiger partial charge on any atom is 0.311 e. The highest BCUT2D eigenvalue weighted by molar-refractivity contribution is 8.02. The van der Waals surface area contributed by atoms with E-state index in [9.17, 15) is 19.5 Å². The van der Waals surface area contributed by atoms with Crippen molar-refractivity contribution < 1.29 is 24.2 Å². The number of thioether (sulfide) groups is 1. The molecule has 1 unspecified atom stereocenters. The van der Waals surface area contributed by atoms with Gasteiger partial charge < -0.3 is 19.6 Å². The van der Waals surface area contributed by atoms with Crippen LogP contribution in [0.3, 0.4) is 0 Å². The highest BCUT2D eigenvalue weighted by Crippen LogP contribution is 2.61. The minimum Gasteiger partial charge on any atom is -0.465 e. The van der Waals surface area contributed by atoms with Crippen molar-refractivity contribution in [3.8, 4) is 0 Å². The lowest BCUT2D eigenvalue weighted by molar-refractivity contribution is -0.153. The van der Waals surface area contributed by atoms with E-state index in [1.165, 1.54) is 11.8 Å². The molecule has 8 heteroatoms. The molecule has 0 aliphatic carbocycles. The number of rotatable bonds is 5. The third-order valence-electron chi connectivity index (χ3n) is 7.63. The fraction of sp³-hybridized carbons (Fsp3) is 0.519. The minimum absolute atomic E-state index is 0.0510. The topological polar surface area (TPSA) is 87.2 Å². The average molecular weight is 497 g/mol. The van der Waals surface area contributed by atoms with E-state index in [1.54, 1.807) is 9.80 Å². The predicted molar refractivity (Wildman–Crippen MR) is 133 cm³/mol. The molecule has 2 saturated heterocycles. The van der Waals surface area contributed by atoms with Crippen LogP contribution in [0.2, 0.25) is 0 Å². The number of amides is 2. The van der Waals surface area contributed by atoms with Crippen LogP contribution in [0, 0.1) is 11.8 Å². The summed E-state index contributed by atoms with van der Waals surface area (Å²) in [5, 5.41) is 10.2. The summed E-state index contributed by atoms with van der Waals surface area (Å²) in [6, 6.07) is 8.23. The molecule has 0 saturated carbocycles. The Labute approximate surface area is 210 Å². The third kappa shape index (κ3) is 3.91. The summed E-state index contributed by atoms with van der Waals surface area (Å²) in [4.78, 5) is 44.9. The molecule has 1 spiro atoms. The maximum atomic E-state index is 14.2. The molecule has 1 aromatic rings. The molecule has 2 fully saturated rings. The van der Waals surface area contributed by atoms with Gasteiger partial charge in [0.1, 0.15) is 6.04 Å². The molecule has 1 aromatic carbocycles. The number of benzene rings is 1. The number of cyclic esters (lactones) is 1. The normalized spacial score (nSPS) is 33.1. The molecule has 186 valence electrons. The van der Waals surface area contributed by atoms with Crippen LogP contribution in [0.4, 0.5) is 0 Å². The van der Waals surface area contributed by atoms with Crippen LogP contribution in [0.5, 0.6) is 0 Å². The van der Waals surface area contributed by atoms with Crippen LogP contribution >= 0.6 is 11.8 Å². The summed E-state index contributed by atoms with van der Waals surface area (Å²) in [6.45, 7) is 4.38. The Morgan fingerprint density at radius 3 is 2.63 bits per heavy atom. The van der Waals surface area contributed by atoms with E-state index in [1.807, 2.05) is 68.5 Å². The number of carbonyl (C=O) groups excluding carboxylic acids is 3. The van der Waals surface area contributed by atoms with Gasteiger partial charge in [0.15, 0.2) is 0 Å². The average Bonchev–Trinajstić information content (AvgIpc) is 3.21. The van der Waals surface area contributed by atoms with Gasteiger partial charge in [0, 0.05) is 17.8 Å². The van der Waals surface area contributed by atoms with Gasteiger partial charge in [0.05, 0.1) is 35.8 Å². The number of aliphatic hydroxyl groups is 1. The lowest BCUT2D eigenvalue weighted by Crippen LogP contribution is -2.57. The van der Waals surface area contributed by atoms with Crippen LogP contribution in [0.25, 0.3) is 0 Å². The Balaban J connectivity index is 1.62. The Hall–Kier alpha value is -2.58. The molecule has 0 bridgehead atoms. The first-order chi connectivity index (χ1) is 16.9. The van der Waals surface area contributed by atoms with E-state index in [2.05, 4.69) is 0 Å². The van der Waals surface area contributed by atoms with Gasteiger partial charge in [0.2, 0.25) is 11.8 Å². The van der Waals surface area contributed by atoms with Crippen molar-refractivity contribution in [3.63, 3.8) is 0 Å². The zero-order chi connectivity index (χ0) is 24.7. The minimum atomic E-state index is -0.898. The molecule has 1 N–H and O–H groups in total. The van der Waals surface area contributed by atoms with E-state index in [-0.39, 0.29) is 42.3 Å². The number of nitrogens with zero attached hydrogens (tertiary/aromatic N) is 2. The van der Waals surface area contributed by atoms with Gasteiger partial charge >= 0.3 is 5.97 Å². The molecule has 4 aliphatic rings. The van der Waals surface area contributed by atoms with E-state index < -0.39 is 28.7 Å². The number of carbonyl (C=O) groups is 3. The van der Waals surface area contributed by atoms with Crippen molar-refractivity contribution >= 4 is 29.5 Å². The van der Waals surface area contributed by atoms with Crippen molar-refractivity contribution in [1.29, 1.82) is 0 Å². The van der Waals surface area contributed by atoms with Gasteiger partial charge in [-0.3, -0.25) is 14.4 Å². The van der Waals surface area contributed by atoms with E-state index in [4.69, 9.17) is 4.74 Å². The first-order valence-corrected chi connectivity index (χ1v) is 13.2. The van der Waals surface area contributed by atoms with Crippen LogP contribution in [-0.2, 0) is 25.5 Å². The molecule has 7 nitrogen and oxygen atoms in total. The Kier molecular flexibility index (Phi) is 6.53. The highest BCUT2D eigenvalue weighted by atomic mass is 32.2. The van der Waals surface area contributed by atoms with Gasteiger partial charge in [-0.1, -0.05) is 54.6 Å². The number of hydrogen-bond donors (Lipinski definition) is 1. The van der Waals surface area contributed by atoms with Crippen molar-refractivity contribution in [1.82, 2.24) is 9.80 Å². The standard InChI is InChI=1S/C27H32N2O5S/c1-17(2)28-13-8-12-27-22(21-20(35-27)11-6-7-14-34-26(21)33)24(31)29(23(27)25(28)32)19(16-30)15-18-9-4-3-5-10-18/h3-6,8-12,17,19-23,30H,7,13-16H2,1-2H3/t19-,20+,21-,22+,23?,27+/m1/s1. The van der Waals surface area contributed by atoms with E-state index in [0.29, 0.717) is 19.4 Å². The quantitative estimate of drug-likeness (QED) is 0.497. The van der Waals surface area contributed by atoms with Crippen molar-refractivity contribution in [2.45, 2.75) is 54.8 Å². The van der Waals surface area contributed by atoms with Gasteiger partial charge in [-0.25, -0.2) is 0 Å². The number of esters is 1. The summed E-state index contributed by atoms with van der Waals surface area (Å²) in [5.74, 6) is -2.16.